The topological polar surface area (TPSA) is 46.1 Å². The van der Waals surface area contributed by atoms with Gasteiger partial charge in [0, 0.05) is 27.2 Å². The third-order valence-corrected chi connectivity index (χ3v) is 5.36. The number of nitrogens with zero attached hydrogens (tertiary/aromatic N) is 2. The minimum absolute atomic E-state index is 0. The van der Waals surface area contributed by atoms with Gasteiger partial charge in [-0.25, -0.2) is 0 Å². The summed E-state index contributed by atoms with van der Waals surface area (Å²) in [7, 11) is 3.94. The molecule has 0 atom stereocenters. The van der Waals surface area contributed by atoms with Gasteiger partial charge in [-0.05, 0) is 54.7 Å². The minimum atomic E-state index is 0. The van der Waals surface area contributed by atoms with Gasteiger partial charge in [-0.2, -0.15) is 0 Å². The van der Waals surface area contributed by atoms with Crippen LogP contribution in [0.15, 0.2) is 23.2 Å². The van der Waals surface area contributed by atoms with Gasteiger partial charge >= 0.3 is 0 Å². The molecular weight excluding hydrogens is 417 g/mol. The number of hydrogen-bond donors (Lipinski definition) is 1. The van der Waals surface area contributed by atoms with Gasteiger partial charge in [-0.1, -0.05) is 6.07 Å². The Morgan fingerprint density at radius 3 is 2.71 bits per heavy atom. The lowest BCUT2D eigenvalue weighted by molar-refractivity contribution is 0.174. The van der Waals surface area contributed by atoms with Crippen molar-refractivity contribution in [2.24, 2.45) is 16.3 Å². The number of ether oxygens (including phenoxy) is 2. The van der Waals surface area contributed by atoms with Gasteiger partial charge in [0.2, 0.25) is 6.79 Å². The molecule has 132 valence electrons. The molecule has 0 bridgehead atoms. The van der Waals surface area contributed by atoms with Gasteiger partial charge in [0.25, 0.3) is 0 Å². The van der Waals surface area contributed by atoms with Gasteiger partial charge in [-0.15, -0.1) is 24.0 Å². The van der Waals surface area contributed by atoms with E-state index in [1.165, 1.54) is 31.2 Å². The third kappa shape index (κ3) is 3.58. The molecule has 0 radical (unpaired) electrons. The van der Waals surface area contributed by atoms with E-state index in [0.29, 0.717) is 12.2 Å². The predicted octanol–water partition coefficient (Wildman–Crippen LogP) is 3.23. The predicted molar refractivity (Wildman–Crippen MR) is 105 cm³/mol. The van der Waals surface area contributed by atoms with Crippen molar-refractivity contribution in [3.05, 3.63) is 23.8 Å². The summed E-state index contributed by atoms with van der Waals surface area (Å²) in [5.41, 5.74) is 1.78. The van der Waals surface area contributed by atoms with Gasteiger partial charge in [0.05, 0.1) is 0 Å². The number of benzene rings is 1. The quantitative estimate of drug-likeness (QED) is 0.431. The van der Waals surface area contributed by atoms with E-state index in [9.17, 15) is 0 Å². The summed E-state index contributed by atoms with van der Waals surface area (Å²) in [5, 5.41) is 3.59. The maximum Gasteiger partial charge on any atom is 0.231 e. The molecule has 2 saturated carbocycles. The van der Waals surface area contributed by atoms with Crippen LogP contribution in [0, 0.1) is 11.3 Å². The van der Waals surface area contributed by atoms with Crippen LogP contribution in [0.25, 0.3) is 0 Å². The third-order valence-electron chi connectivity index (χ3n) is 5.36. The summed E-state index contributed by atoms with van der Waals surface area (Å²) in [6.07, 6.45) is 5.61. The number of rotatable bonds is 5. The maximum absolute atomic E-state index is 5.45. The number of fused-ring (bicyclic) bond motifs is 1. The molecule has 0 saturated heterocycles. The van der Waals surface area contributed by atoms with Crippen molar-refractivity contribution in [1.29, 1.82) is 0 Å². The molecule has 4 rings (SSSR count). The fraction of sp³-hybridized carbons (Fsp3) is 0.611. The first kappa shape index (κ1) is 17.6. The normalized spacial score (nSPS) is 20.3. The van der Waals surface area contributed by atoms with Crippen molar-refractivity contribution in [3.8, 4) is 11.5 Å². The van der Waals surface area contributed by atoms with Crippen molar-refractivity contribution in [1.82, 2.24) is 10.2 Å². The van der Waals surface area contributed by atoms with Gasteiger partial charge in [-0.3, -0.25) is 4.99 Å². The molecule has 3 aliphatic rings. The van der Waals surface area contributed by atoms with Crippen molar-refractivity contribution < 1.29 is 9.47 Å². The Labute approximate surface area is 160 Å². The Kier molecular flexibility index (Phi) is 5.13. The number of aliphatic imine (C=N–C) groups is 1. The second kappa shape index (κ2) is 6.98. The number of nitrogens with one attached hydrogen (secondary N) is 1. The van der Waals surface area contributed by atoms with Crippen molar-refractivity contribution in [3.63, 3.8) is 0 Å². The fourth-order valence-electron chi connectivity index (χ4n) is 3.61. The van der Waals surface area contributed by atoms with Crippen LogP contribution in [0.2, 0.25) is 0 Å². The summed E-state index contributed by atoms with van der Waals surface area (Å²) in [5.74, 6) is 3.60. The Balaban J connectivity index is 0.00000169. The largest absolute Gasteiger partial charge is 0.454 e. The zero-order valence-electron chi connectivity index (χ0n) is 14.4. The average molecular weight is 443 g/mol. The van der Waals surface area contributed by atoms with Crippen LogP contribution in [0.4, 0.5) is 0 Å². The Hall–Kier alpha value is -1.18. The van der Waals surface area contributed by atoms with Crippen LogP contribution in [0.3, 0.4) is 0 Å². The summed E-state index contributed by atoms with van der Waals surface area (Å²) >= 11 is 0. The molecule has 2 aliphatic carbocycles. The van der Waals surface area contributed by atoms with E-state index in [1.807, 2.05) is 13.1 Å². The van der Waals surface area contributed by atoms with Crippen LogP contribution < -0.4 is 14.8 Å². The molecule has 6 heteroatoms. The van der Waals surface area contributed by atoms with Gasteiger partial charge in [0.15, 0.2) is 17.5 Å². The highest BCUT2D eigenvalue weighted by atomic mass is 127. The summed E-state index contributed by atoms with van der Waals surface area (Å²) in [4.78, 5) is 6.61. The van der Waals surface area contributed by atoms with Crippen LogP contribution in [-0.4, -0.2) is 38.3 Å². The van der Waals surface area contributed by atoms with Crippen LogP contribution >= 0.6 is 24.0 Å². The van der Waals surface area contributed by atoms with Gasteiger partial charge < -0.3 is 19.7 Å². The van der Waals surface area contributed by atoms with E-state index in [0.717, 1.165) is 36.5 Å². The number of guanidine groups is 1. The van der Waals surface area contributed by atoms with Crippen LogP contribution in [-0.2, 0) is 6.54 Å². The molecule has 1 heterocycles. The van der Waals surface area contributed by atoms with E-state index >= 15 is 0 Å². The zero-order valence-corrected chi connectivity index (χ0v) is 16.7. The molecule has 1 N–H and O–H groups in total. The zero-order chi connectivity index (χ0) is 15.9. The van der Waals surface area contributed by atoms with E-state index in [-0.39, 0.29) is 24.0 Å². The lowest BCUT2D eigenvalue weighted by Crippen LogP contribution is -2.41. The lowest BCUT2D eigenvalue weighted by Gasteiger charge is -2.24. The maximum atomic E-state index is 5.45. The first-order chi connectivity index (χ1) is 11.2. The molecule has 0 spiro atoms. The molecule has 0 aromatic heterocycles. The Morgan fingerprint density at radius 1 is 1.29 bits per heavy atom. The summed E-state index contributed by atoms with van der Waals surface area (Å²) in [6.45, 7) is 2.18. The SMILES string of the molecule is CN=C(NCC1(C2CC2)CC1)N(C)Cc1ccc2c(c1)OCO2.I. The molecule has 1 aliphatic heterocycles. The molecule has 0 amide bonds. The van der Waals surface area contributed by atoms with Crippen molar-refractivity contribution >= 4 is 29.9 Å². The van der Waals surface area contributed by atoms with Crippen LogP contribution in [0.5, 0.6) is 11.5 Å². The molecule has 5 nitrogen and oxygen atoms in total. The molecular formula is C18H26IN3O2. The highest BCUT2D eigenvalue weighted by Gasteiger charge is 2.53. The monoisotopic (exact) mass is 443 g/mol. The van der Waals surface area contributed by atoms with Crippen molar-refractivity contribution in [2.75, 3.05) is 27.4 Å². The highest BCUT2D eigenvalue weighted by Crippen LogP contribution is 2.60. The smallest absolute Gasteiger partial charge is 0.231 e. The van der Waals surface area contributed by atoms with E-state index < -0.39 is 0 Å². The first-order valence-corrected chi connectivity index (χ1v) is 8.50. The van der Waals surface area contributed by atoms with E-state index in [4.69, 9.17) is 9.47 Å². The number of halogens is 1. The summed E-state index contributed by atoms with van der Waals surface area (Å²) < 4.78 is 10.8. The van der Waals surface area contributed by atoms with E-state index in [2.05, 4.69) is 34.4 Å². The van der Waals surface area contributed by atoms with Crippen LogP contribution in [0.1, 0.15) is 31.2 Å². The summed E-state index contributed by atoms with van der Waals surface area (Å²) in [6, 6.07) is 6.12. The fourth-order valence-corrected chi connectivity index (χ4v) is 3.61. The molecule has 1 aromatic carbocycles. The molecule has 2 fully saturated rings. The van der Waals surface area contributed by atoms with E-state index in [1.54, 1.807) is 0 Å². The standard InChI is InChI=1S/C18H25N3O2.HI/c1-19-17(20-11-18(7-8-18)14-4-5-14)21(2)10-13-3-6-15-16(9-13)23-12-22-15;/h3,6,9,14H,4-5,7-8,10-12H2,1-2H3,(H,19,20);1H. The Bertz CT molecular complexity index is 627. The van der Waals surface area contributed by atoms with Crippen molar-refractivity contribution in [2.45, 2.75) is 32.2 Å². The van der Waals surface area contributed by atoms with Gasteiger partial charge in [0.1, 0.15) is 0 Å². The molecule has 1 aromatic rings. The minimum Gasteiger partial charge on any atom is -0.454 e. The first-order valence-electron chi connectivity index (χ1n) is 8.50. The Morgan fingerprint density at radius 2 is 2.04 bits per heavy atom. The lowest BCUT2D eigenvalue weighted by atomic mass is 10.0. The molecule has 0 unspecified atom stereocenters. The average Bonchev–Trinajstić information content (AvgIpc) is 3.45. The second-order valence-electron chi connectivity index (χ2n) is 7.08. The highest BCUT2D eigenvalue weighted by molar-refractivity contribution is 14.0. The second-order valence-corrected chi connectivity index (χ2v) is 7.08. The number of hydrogen-bond acceptors (Lipinski definition) is 3. The molecule has 24 heavy (non-hydrogen) atoms.